The summed E-state index contributed by atoms with van der Waals surface area (Å²) in [6.45, 7) is 8.26. The Morgan fingerprint density at radius 2 is 1.93 bits per heavy atom. The van der Waals surface area contributed by atoms with Gasteiger partial charge in [0.15, 0.2) is 5.58 Å². The molecule has 1 aromatic heterocycles. The van der Waals surface area contributed by atoms with Crippen LogP contribution in [-0.4, -0.2) is 47.9 Å². The van der Waals surface area contributed by atoms with E-state index in [1.165, 1.54) is 18.2 Å². The predicted molar refractivity (Wildman–Crippen MR) is 117 cm³/mol. The lowest BCUT2D eigenvalue weighted by Gasteiger charge is -2.39. The standard InChI is InChI=1S/C13H18N2O.C9H8N2O3/c1-11-3-5-13(6-4-11)14-7-8-15(10-16)12(2)9-14;1-5(12)10-6-2-3-7-8(4-6)14-9(13)11-7/h3-6,10,12H,7-9H2,1-2H3;2-4H,1H3,(H,10,12)(H,11,13). The number of nitrogens with zero attached hydrogens (tertiary/aromatic N) is 2. The molecule has 2 amide bonds. The molecule has 2 N–H and O–H groups in total. The van der Waals surface area contributed by atoms with E-state index in [9.17, 15) is 14.4 Å². The number of oxazole rings is 1. The fourth-order valence-corrected chi connectivity index (χ4v) is 3.34. The minimum atomic E-state index is -0.500. The zero-order valence-electron chi connectivity index (χ0n) is 17.3. The van der Waals surface area contributed by atoms with Crippen molar-refractivity contribution in [1.82, 2.24) is 9.88 Å². The second-order valence-electron chi connectivity index (χ2n) is 7.38. The number of piperazine rings is 1. The van der Waals surface area contributed by atoms with Gasteiger partial charge in [-0.1, -0.05) is 17.7 Å². The molecule has 0 spiro atoms. The molecule has 8 nitrogen and oxygen atoms in total. The van der Waals surface area contributed by atoms with Crippen LogP contribution in [0.4, 0.5) is 11.4 Å². The molecule has 0 radical (unpaired) electrons. The first-order chi connectivity index (χ1) is 14.4. The summed E-state index contributed by atoms with van der Waals surface area (Å²) >= 11 is 0. The van der Waals surface area contributed by atoms with Gasteiger partial charge in [-0.2, -0.15) is 0 Å². The molecule has 8 heteroatoms. The van der Waals surface area contributed by atoms with Gasteiger partial charge in [-0.05, 0) is 38.1 Å². The maximum atomic E-state index is 10.8. The first-order valence-electron chi connectivity index (χ1n) is 9.79. The molecule has 1 aliphatic rings. The molecular weight excluding hydrogens is 384 g/mol. The Labute approximate surface area is 174 Å². The number of hydrogen-bond acceptors (Lipinski definition) is 5. The van der Waals surface area contributed by atoms with Gasteiger partial charge in [0.1, 0.15) is 0 Å². The van der Waals surface area contributed by atoms with E-state index in [0.29, 0.717) is 22.8 Å². The zero-order chi connectivity index (χ0) is 21.7. The fourth-order valence-electron chi connectivity index (χ4n) is 3.34. The maximum Gasteiger partial charge on any atom is 0.417 e. The number of carbonyl (C=O) groups excluding carboxylic acids is 2. The Morgan fingerprint density at radius 3 is 2.57 bits per heavy atom. The van der Waals surface area contributed by atoms with Crippen LogP contribution in [0.2, 0.25) is 0 Å². The van der Waals surface area contributed by atoms with Gasteiger partial charge in [0, 0.05) is 50.0 Å². The van der Waals surface area contributed by atoms with Gasteiger partial charge in [0.2, 0.25) is 12.3 Å². The topological polar surface area (TPSA) is 98.6 Å². The summed E-state index contributed by atoms with van der Waals surface area (Å²) in [7, 11) is 0. The van der Waals surface area contributed by atoms with Crippen LogP contribution in [0.1, 0.15) is 19.4 Å². The normalized spacial score (nSPS) is 16.0. The fraction of sp³-hybridized carbons (Fsp3) is 0.318. The molecule has 1 fully saturated rings. The van der Waals surface area contributed by atoms with E-state index in [4.69, 9.17) is 4.42 Å². The molecule has 2 heterocycles. The number of carbonyl (C=O) groups is 2. The molecule has 0 saturated carbocycles. The van der Waals surface area contributed by atoms with E-state index in [2.05, 4.69) is 53.3 Å². The molecule has 0 bridgehead atoms. The van der Waals surface area contributed by atoms with Crippen molar-refractivity contribution >= 4 is 34.8 Å². The van der Waals surface area contributed by atoms with E-state index >= 15 is 0 Å². The van der Waals surface area contributed by atoms with Gasteiger partial charge in [-0.25, -0.2) is 4.79 Å². The number of amides is 2. The number of nitrogens with one attached hydrogen (secondary N) is 2. The Kier molecular flexibility index (Phi) is 6.56. The third kappa shape index (κ3) is 5.28. The molecule has 1 unspecified atom stereocenters. The highest BCUT2D eigenvalue weighted by Gasteiger charge is 2.22. The van der Waals surface area contributed by atoms with Crippen molar-refractivity contribution in [2.75, 3.05) is 29.9 Å². The molecule has 1 saturated heterocycles. The Hall–Kier alpha value is -3.55. The number of aryl methyl sites for hydroxylation is 1. The second-order valence-corrected chi connectivity index (χ2v) is 7.38. The number of H-pyrrole nitrogens is 1. The molecule has 0 aliphatic carbocycles. The highest BCUT2D eigenvalue weighted by atomic mass is 16.4. The van der Waals surface area contributed by atoms with Crippen LogP contribution in [0.5, 0.6) is 0 Å². The van der Waals surface area contributed by atoms with Crippen LogP contribution in [0.3, 0.4) is 0 Å². The van der Waals surface area contributed by atoms with E-state index in [0.717, 1.165) is 26.0 Å². The summed E-state index contributed by atoms with van der Waals surface area (Å²) in [4.78, 5) is 39.0. The van der Waals surface area contributed by atoms with Crippen molar-refractivity contribution < 1.29 is 14.0 Å². The summed E-state index contributed by atoms with van der Waals surface area (Å²) in [5.41, 5.74) is 4.18. The number of hydrogen-bond donors (Lipinski definition) is 2. The first kappa shape index (κ1) is 21.2. The minimum absolute atomic E-state index is 0.165. The molecule has 1 aliphatic heterocycles. The summed E-state index contributed by atoms with van der Waals surface area (Å²) in [5, 5.41) is 2.59. The number of aromatic amines is 1. The number of fused-ring (bicyclic) bond motifs is 1. The molecule has 1 atom stereocenters. The molecule has 158 valence electrons. The third-order valence-electron chi connectivity index (χ3n) is 4.95. The predicted octanol–water partition coefficient (Wildman–Crippen LogP) is 2.74. The van der Waals surface area contributed by atoms with Gasteiger partial charge in [-0.15, -0.1) is 0 Å². The van der Waals surface area contributed by atoms with Gasteiger partial charge >= 0.3 is 5.76 Å². The van der Waals surface area contributed by atoms with Crippen LogP contribution in [0.25, 0.3) is 11.1 Å². The maximum absolute atomic E-state index is 10.8. The Morgan fingerprint density at radius 1 is 1.20 bits per heavy atom. The van der Waals surface area contributed by atoms with Crippen molar-refractivity contribution in [3.63, 3.8) is 0 Å². The lowest BCUT2D eigenvalue weighted by atomic mass is 10.1. The first-order valence-corrected chi connectivity index (χ1v) is 9.79. The minimum Gasteiger partial charge on any atom is -0.408 e. The Balaban J connectivity index is 0.000000172. The zero-order valence-corrected chi connectivity index (χ0v) is 17.3. The van der Waals surface area contributed by atoms with E-state index in [1.807, 2.05) is 4.90 Å². The number of rotatable bonds is 3. The molecular formula is C22H26N4O4. The third-order valence-corrected chi connectivity index (χ3v) is 4.95. The van der Waals surface area contributed by atoms with Crippen molar-refractivity contribution in [1.29, 1.82) is 0 Å². The van der Waals surface area contributed by atoms with E-state index in [1.54, 1.807) is 18.2 Å². The molecule has 3 aromatic rings. The smallest absolute Gasteiger partial charge is 0.408 e. The molecule has 30 heavy (non-hydrogen) atoms. The SMILES string of the molecule is CC(=O)Nc1ccc2[nH]c(=O)oc2c1.Cc1ccc(N2CCN(C=O)C(C)C2)cc1. The summed E-state index contributed by atoms with van der Waals surface area (Å²) in [6, 6.07) is 13.8. The van der Waals surface area contributed by atoms with Gasteiger partial charge < -0.3 is 19.5 Å². The van der Waals surface area contributed by atoms with Crippen molar-refractivity contribution in [2.45, 2.75) is 26.8 Å². The van der Waals surface area contributed by atoms with Crippen LogP contribution < -0.4 is 16.0 Å². The summed E-state index contributed by atoms with van der Waals surface area (Å²) in [6.07, 6.45) is 0.956. The van der Waals surface area contributed by atoms with Gasteiger partial charge in [0.25, 0.3) is 0 Å². The lowest BCUT2D eigenvalue weighted by Crippen LogP contribution is -2.51. The van der Waals surface area contributed by atoms with Crippen molar-refractivity contribution in [2.24, 2.45) is 0 Å². The summed E-state index contributed by atoms with van der Waals surface area (Å²) < 4.78 is 4.83. The second kappa shape index (κ2) is 9.30. The highest BCUT2D eigenvalue weighted by molar-refractivity contribution is 5.90. The number of benzene rings is 2. The van der Waals surface area contributed by atoms with Crippen LogP contribution in [-0.2, 0) is 9.59 Å². The van der Waals surface area contributed by atoms with Gasteiger partial charge in [0.05, 0.1) is 5.52 Å². The van der Waals surface area contributed by atoms with E-state index < -0.39 is 5.76 Å². The Bertz CT molecular complexity index is 1070. The average Bonchev–Trinajstić information content (AvgIpc) is 3.08. The summed E-state index contributed by atoms with van der Waals surface area (Å²) in [5.74, 6) is -0.665. The van der Waals surface area contributed by atoms with Gasteiger partial charge in [-0.3, -0.25) is 14.6 Å². The largest absolute Gasteiger partial charge is 0.417 e. The highest BCUT2D eigenvalue weighted by Crippen LogP contribution is 2.19. The quantitative estimate of drug-likeness (QED) is 0.647. The van der Waals surface area contributed by atoms with Crippen LogP contribution in [0.15, 0.2) is 51.7 Å². The number of aromatic nitrogens is 1. The van der Waals surface area contributed by atoms with Crippen molar-refractivity contribution in [3.05, 3.63) is 58.6 Å². The number of anilines is 2. The monoisotopic (exact) mass is 410 g/mol. The van der Waals surface area contributed by atoms with Crippen LogP contribution in [0, 0.1) is 6.92 Å². The van der Waals surface area contributed by atoms with Crippen molar-refractivity contribution in [3.8, 4) is 0 Å². The van der Waals surface area contributed by atoms with E-state index in [-0.39, 0.29) is 5.91 Å². The average molecular weight is 410 g/mol. The molecule has 2 aromatic carbocycles. The lowest BCUT2D eigenvalue weighted by molar-refractivity contribution is -0.120. The van der Waals surface area contributed by atoms with Crippen LogP contribution >= 0.6 is 0 Å². The molecule has 4 rings (SSSR count).